The Morgan fingerprint density at radius 3 is 2.76 bits per heavy atom. The Labute approximate surface area is 149 Å². The largest absolute Gasteiger partial charge is 0.494 e. The van der Waals surface area contributed by atoms with Gasteiger partial charge in [-0.15, -0.1) is 0 Å². The van der Waals surface area contributed by atoms with Gasteiger partial charge in [-0.2, -0.15) is 0 Å². The Bertz CT molecular complexity index is 545. The van der Waals surface area contributed by atoms with E-state index >= 15 is 0 Å². The molecular weight excluding hydrogens is 323 g/mol. The van der Waals surface area contributed by atoms with E-state index in [1.54, 1.807) is 13.2 Å². The van der Waals surface area contributed by atoms with Crippen LogP contribution in [0.3, 0.4) is 0 Å². The molecule has 0 spiro atoms. The quantitative estimate of drug-likeness (QED) is 0.694. The summed E-state index contributed by atoms with van der Waals surface area (Å²) in [5, 5.41) is 2.86. The minimum absolute atomic E-state index is 0.109. The van der Waals surface area contributed by atoms with E-state index in [-0.39, 0.29) is 11.7 Å². The average molecular weight is 352 g/mol. The van der Waals surface area contributed by atoms with E-state index in [4.69, 9.17) is 9.47 Å². The molecular formula is C19H29FN2O3. The van der Waals surface area contributed by atoms with E-state index in [2.05, 4.69) is 10.2 Å². The van der Waals surface area contributed by atoms with Gasteiger partial charge in [-0.1, -0.05) is 6.07 Å². The van der Waals surface area contributed by atoms with Gasteiger partial charge in [-0.3, -0.25) is 9.69 Å². The van der Waals surface area contributed by atoms with Crippen LogP contribution in [0.1, 0.15) is 31.2 Å². The standard InChI is InChI=1S/C19H29FN2O3/c1-24-12-9-21-19(23)6-4-15-7-10-22(11-8-15)14-16-3-5-17(20)18(13-16)25-2/h3,5,13,15H,4,6-12,14H2,1-2H3,(H,21,23). The normalized spacial score (nSPS) is 16.0. The number of rotatable bonds is 9. The molecule has 1 saturated heterocycles. The summed E-state index contributed by atoms with van der Waals surface area (Å²) in [6, 6.07) is 5.04. The van der Waals surface area contributed by atoms with Crippen molar-refractivity contribution >= 4 is 5.91 Å². The molecule has 5 nitrogen and oxygen atoms in total. The Hall–Kier alpha value is -1.66. The highest BCUT2D eigenvalue weighted by Crippen LogP contribution is 2.24. The summed E-state index contributed by atoms with van der Waals surface area (Å²) in [6.45, 7) is 3.96. The third kappa shape index (κ3) is 6.63. The van der Waals surface area contributed by atoms with Gasteiger partial charge in [0.05, 0.1) is 13.7 Å². The maximum absolute atomic E-state index is 13.5. The van der Waals surface area contributed by atoms with Gasteiger partial charge in [0.2, 0.25) is 5.91 Å². The first-order chi connectivity index (χ1) is 12.1. The topological polar surface area (TPSA) is 50.8 Å². The molecule has 6 heteroatoms. The Balaban J connectivity index is 1.68. The maximum Gasteiger partial charge on any atom is 0.220 e. The zero-order valence-corrected chi connectivity index (χ0v) is 15.2. The highest BCUT2D eigenvalue weighted by molar-refractivity contribution is 5.75. The molecule has 25 heavy (non-hydrogen) atoms. The summed E-state index contributed by atoms with van der Waals surface area (Å²) < 4.78 is 23.4. The molecule has 0 unspecified atom stereocenters. The fourth-order valence-corrected chi connectivity index (χ4v) is 3.21. The van der Waals surface area contributed by atoms with Crippen molar-refractivity contribution in [3.8, 4) is 5.75 Å². The number of halogens is 1. The number of methoxy groups -OCH3 is 2. The van der Waals surface area contributed by atoms with E-state index in [0.29, 0.717) is 31.2 Å². The molecule has 2 rings (SSSR count). The van der Waals surface area contributed by atoms with Crippen LogP contribution in [-0.2, 0) is 16.1 Å². The Morgan fingerprint density at radius 2 is 2.08 bits per heavy atom. The predicted molar refractivity (Wildman–Crippen MR) is 95.1 cm³/mol. The first-order valence-electron chi connectivity index (χ1n) is 8.92. The van der Waals surface area contributed by atoms with Gasteiger partial charge < -0.3 is 14.8 Å². The lowest BCUT2D eigenvalue weighted by atomic mass is 9.92. The third-order valence-electron chi connectivity index (χ3n) is 4.74. The number of ether oxygens (including phenoxy) is 2. The number of nitrogens with zero attached hydrogens (tertiary/aromatic N) is 1. The molecule has 1 aliphatic heterocycles. The van der Waals surface area contributed by atoms with Gasteiger partial charge >= 0.3 is 0 Å². The van der Waals surface area contributed by atoms with Crippen LogP contribution in [-0.4, -0.2) is 51.3 Å². The molecule has 0 aromatic heterocycles. The van der Waals surface area contributed by atoms with E-state index in [1.807, 2.05) is 6.07 Å². The molecule has 140 valence electrons. The molecule has 0 radical (unpaired) electrons. The van der Waals surface area contributed by atoms with E-state index < -0.39 is 0 Å². The van der Waals surface area contributed by atoms with Crippen LogP contribution in [0, 0.1) is 11.7 Å². The second kappa shape index (κ2) is 10.4. The lowest BCUT2D eigenvalue weighted by Gasteiger charge is -2.32. The molecule has 0 aliphatic carbocycles. The zero-order valence-electron chi connectivity index (χ0n) is 15.2. The summed E-state index contributed by atoms with van der Waals surface area (Å²) in [5.74, 6) is 0.686. The smallest absolute Gasteiger partial charge is 0.220 e. The molecule has 1 fully saturated rings. The second-order valence-electron chi connectivity index (χ2n) is 6.57. The number of hydrogen-bond acceptors (Lipinski definition) is 4. The summed E-state index contributed by atoms with van der Waals surface area (Å²) in [5.41, 5.74) is 1.06. The number of hydrogen-bond donors (Lipinski definition) is 1. The maximum atomic E-state index is 13.5. The van der Waals surface area contributed by atoms with Gasteiger partial charge in [-0.05, 0) is 56.0 Å². The van der Waals surface area contributed by atoms with Gasteiger partial charge in [0.25, 0.3) is 0 Å². The lowest BCUT2D eigenvalue weighted by molar-refractivity contribution is -0.121. The molecule has 1 aromatic carbocycles. The van der Waals surface area contributed by atoms with Crippen LogP contribution in [0.15, 0.2) is 18.2 Å². The molecule has 1 N–H and O–H groups in total. The third-order valence-corrected chi connectivity index (χ3v) is 4.74. The van der Waals surface area contributed by atoms with Gasteiger partial charge in [0.15, 0.2) is 11.6 Å². The first kappa shape index (κ1) is 19.7. The minimum Gasteiger partial charge on any atom is -0.494 e. The van der Waals surface area contributed by atoms with Crippen LogP contribution in [0.5, 0.6) is 5.75 Å². The average Bonchev–Trinajstić information content (AvgIpc) is 2.63. The number of piperidine rings is 1. The summed E-state index contributed by atoms with van der Waals surface area (Å²) >= 11 is 0. The van der Waals surface area contributed by atoms with E-state index in [0.717, 1.165) is 44.5 Å². The van der Waals surface area contributed by atoms with Crippen molar-refractivity contribution in [1.29, 1.82) is 0 Å². The molecule has 1 heterocycles. The fourth-order valence-electron chi connectivity index (χ4n) is 3.21. The van der Waals surface area contributed by atoms with Crippen LogP contribution < -0.4 is 10.1 Å². The van der Waals surface area contributed by atoms with Crippen LogP contribution in [0.4, 0.5) is 4.39 Å². The van der Waals surface area contributed by atoms with Crippen molar-refractivity contribution < 1.29 is 18.7 Å². The van der Waals surface area contributed by atoms with Gasteiger partial charge in [-0.25, -0.2) is 4.39 Å². The Morgan fingerprint density at radius 1 is 1.32 bits per heavy atom. The zero-order chi connectivity index (χ0) is 18.1. The van der Waals surface area contributed by atoms with Crippen molar-refractivity contribution in [3.63, 3.8) is 0 Å². The minimum atomic E-state index is -0.325. The number of nitrogens with one attached hydrogen (secondary N) is 1. The van der Waals surface area contributed by atoms with Gasteiger partial charge in [0.1, 0.15) is 0 Å². The summed E-state index contributed by atoms with van der Waals surface area (Å²) in [6.07, 6.45) is 3.73. The highest BCUT2D eigenvalue weighted by Gasteiger charge is 2.20. The van der Waals surface area contributed by atoms with E-state index in [1.165, 1.54) is 13.2 Å². The number of likely N-dealkylation sites (tertiary alicyclic amines) is 1. The van der Waals surface area contributed by atoms with E-state index in [9.17, 15) is 9.18 Å². The number of carbonyl (C=O) groups is 1. The Kier molecular flexibility index (Phi) is 8.15. The monoisotopic (exact) mass is 352 g/mol. The fraction of sp³-hybridized carbons (Fsp3) is 0.632. The molecule has 1 amide bonds. The number of amides is 1. The number of carbonyl (C=O) groups excluding carboxylic acids is 1. The number of benzene rings is 1. The highest BCUT2D eigenvalue weighted by atomic mass is 19.1. The van der Waals surface area contributed by atoms with Crippen molar-refractivity contribution in [2.45, 2.75) is 32.2 Å². The summed E-state index contributed by atoms with van der Waals surface area (Å²) in [4.78, 5) is 14.1. The van der Waals surface area contributed by atoms with Crippen LogP contribution in [0.2, 0.25) is 0 Å². The first-order valence-corrected chi connectivity index (χ1v) is 8.92. The van der Waals surface area contributed by atoms with Crippen molar-refractivity contribution in [1.82, 2.24) is 10.2 Å². The SMILES string of the molecule is COCCNC(=O)CCC1CCN(Cc2ccc(F)c(OC)c2)CC1. The van der Waals surface area contributed by atoms with Crippen molar-refractivity contribution in [3.05, 3.63) is 29.6 Å². The summed E-state index contributed by atoms with van der Waals surface area (Å²) in [7, 11) is 3.11. The second-order valence-corrected chi connectivity index (χ2v) is 6.57. The molecule has 1 aliphatic rings. The predicted octanol–water partition coefficient (Wildman–Crippen LogP) is 2.59. The van der Waals surface area contributed by atoms with Gasteiger partial charge in [0, 0.05) is 26.6 Å². The van der Waals surface area contributed by atoms with Crippen LogP contribution in [0.25, 0.3) is 0 Å². The molecule has 0 saturated carbocycles. The molecule has 0 atom stereocenters. The molecule has 1 aromatic rings. The van der Waals surface area contributed by atoms with Crippen molar-refractivity contribution in [2.24, 2.45) is 5.92 Å². The molecule has 0 bridgehead atoms. The van der Waals surface area contributed by atoms with Crippen LogP contribution >= 0.6 is 0 Å². The lowest BCUT2D eigenvalue weighted by Crippen LogP contribution is -2.34. The van der Waals surface area contributed by atoms with Crippen molar-refractivity contribution in [2.75, 3.05) is 40.5 Å².